The number of carbonyl (C=O) groups is 1. The zero-order chi connectivity index (χ0) is 14.2. The second-order valence-electron chi connectivity index (χ2n) is 4.94. The largest absolute Gasteiger partial charge is 0.450 e. The van der Waals surface area contributed by atoms with Gasteiger partial charge in [-0.05, 0) is 63.5 Å². The number of benzene rings is 1. The van der Waals surface area contributed by atoms with Crippen LogP contribution in [0.1, 0.15) is 26.2 Å². The average molecular weight is 277 g/mol. The van der Waals surface area contributed by atoms with Gasteiger partial charge in [-0.1, -0.05) is 0 Å². The van der Waals surface area contributed by atoms with E-state index >= 15 is 0 Å². The van der Waals surface area contributed by atoms with Crippen molar-refractivity contribution in [3.8, 4) is 0 Å². The van der Waals surface area contributed by atoms with Crippen molar-refractivity contribution < 1.29 is 9.53 Å². The highest BCUT2D eigenvalue weighted by Gasteiger charge is 2.11. The van der Waals surface area contributed by atoms with Gasteiger partial charge in [-0.3, -0.25) is 5.32 Å². The first-order valence-electron chi connectivity index (χ1n) is 7.29. The van der Waals surface area contributed by atoms with E-state index in [1.54, 1.807) is 6.92 Å². The smallest absolute Gasteiger partial charge is 0.411 e. The molecule has 110 valence electrons. The summed E-state index contributed by atoms with van der Waals surface area (Å²) >= 11 is 0. The average Bonchev–Trinajstić information content (AvgIpc) is 2.70. The van der Waals surface area contributed by atoms with Crippen molar-refractivity contribution in [2.75, 3.05) is 30.3 Å². The Balaban J connectivity index is 1.85. The van der Waals surface area contributed by atoms with Gasteiger partial charge in [0.1, 0.15) is 0 Å². The first-order chi connectivity index (χ1) is 9.78. The molecule has 0 spiro atoms. The van der Waals surface area contributed by atoms with Crippen LogP contribution >= 0.6 is 0 Å². The van der Waals surface area contributed by atoms with Crippen molar-refractivity contribution in [3.05, 3.63) is 24.3 Å². The van der Waals surface area contributed by atoms with Gasteiger partial charge in [-0.25, -0.2) is 4.79 Å². The molecule has 1 fully saturated rings. The lowest BCUT2D eigenvalue weighted by Crippen LogP contribution is -2.21. The quantitative estimate of drug-likeness (QED) is 0.792. The monoisotopic (exact) mass is 277 g/mol. The molecule has 0 saturated carbocycles. The molecule has 1 atom stereocenters. The molecule has 1 unspecified atom stereocenters. The lowest BCUT2D eigenvalue weighted by atomic mass is 10.1. The van der Waals surface area contributed by atoms with Crippen molar-refractivity contribution in [3.63, 3.8) is 0 Å². The van der Waals surface area contributed by atoms with Crippen LogP contribution in [0.15, 0.2) is 24.3 Å². The summed E-state index contributed by atoms with van der Waals surface area (Å²) < 4.78 is 4.84. The molecule has 1 aromatic rings. The van der Waals surface area contributed by atoms with Gasteiger partial charge in [-0.15, -0.1) is 0 Å². The van der Waals surface area contributed by atoms with Gasteiger partial charge in [0.25, 0.3) is 0 Å². The summed E-state index contributed by atoms with van der Waals surface area (Å²) in [6.07, 6.45) is 3.13. The minimum atomic E-state index is -0.414. The number of hydrogen-bond acceptors (Lipinski definition) is 4. The third-order valence-corrected chi connectivity index (χ3v) is 3.35. The number of amides is 1. The van der Waals surface area contributed by atoms with Crippen molar-refractivity contribution in [2.45, 2.75) is 32.2 Å². The summed E-state index contributed by atoms with van der Waals surface area (Å²) in [6.45, 7) is 4.34. The number of nitrogens with one attached hydrogen (secondary N) is 3. The minimum Gasteiger partial charge on any atom is -0.450 e. The molecule has 0 aromatic heterocycles. The fraction of sp³-hybridized carbons (Fsp3) is 0.533. The fourth-order valence-corrected chi connectivity index (χ4v) is 2.33. The van der Waals surface area contributed by atoms with Crippen LogP contribution in [0.2, 0.25) is 0 Å². The number of hydrogen-bond donors (Lipinski definition) is 3. The Morgan fingerprint density at radius 3 is 2.75 bits per heavy atom. The predicted octanol–water partition coefficient (Wildman–Crippen LogP) is 2.81. The third kappa shape index (κ3) is 4.74. The first kappa shape index (κ1) is 14.7. The second kappa shape index (κ2) is 7.75. The normalized spacial score (nSPS) is 18.9. The van der Waals surface area contributed by atoms with Gasteiger partial charge >= 0.3 is 6.09 Å². The Bertz CT molecular complexity index is 412. The number of rotatable bonds is 4. The van der Waals surface area contributed by atoms with Crippen molar-refractivity contribution in [2.24, 2.45) is 0 Å². The Morgan fingerprint density at radius 1 is 1.25 bits per heavy atom. The van der Waals surface area contributed by atoms with Gasteiger partial charge in [-0.2, -0.15) is 0 Å². The predicted molar refractivity (Wildman–Crippen MR) is 81.2 cm³/mol. The molecule has 2 rings (SSSR count). The Hall–Kier alpha value is -1.75. The number of ether oxygens (including phenoxy) is 1. The van der Waals surface area contributed by atoms with Crippen LogP contribution in [0.4, 0.5) is 16.2 Å². The maximum absolute atomic E-state index is 11.3. The number of anilines is 2. The van der Waals surface area contributed by atoms with Gasteiger partial charge in [0.2, 0.25) is 0 Å². The molecule has 1 saturated heterocycles. The third-order valence-electron chi connectivity index (χ3n) is 3.35. The van der Waals surface area contributed by atoms with E-state index < -0.39 is 6.09 Å². The molecule has 5 heteroatoms. The highest BCUT2D eigenvalue weighted by Crippen LogP contribution is 2.17. The molecule has 1 aliphatic heterocycles. The van der Waals surface area contributed by atoms with E-state index in [-0.39, 0.29) is 0 Å². The van der Waals surface area contributed by atoms with Crippen LogP contribution in [-0.2, 0) is 4.74 Å². The van der Waals surface area contributed by atoms with E-state index in [0.717, 1.165) is 30.9 Å². The molecule has 1 aliphatic rings. The first-order valence-corrected chi connectivity index (χ1v) is 7.29. The van der Waals surface area contributed by atoms with Crippen LogP contribution in [0.25, 0.3) is 0 Å². The molecule has 1 amide bonds. The maximum atomic E-state index is 11.3. The number of carbonyl (C=O) groups excluding carboxylic acids is 1. The molecule has 1 aromatic carbocycles. The summed E-state index contributed by atoms with van der Waals surface area (Å²) in [6, 6.07) is 8.26. The summed E-state index contributed by atoms with van der Waals surface area (Å²) in [4.78, 5) is 11.3. The zero-order valence-corrected chi connectivity index (χ0v) is 11.9. The highest BCUT2D eigenvalue weighted by atomic mass is 16.5. The molecule has 0 bridgehead atoms. The van der Waals surface area contributed by atoms with Crippen LogP contribution in [0, 0.1) is 0 Å². The molecule has 1 heterocycles. The molecule has 20 heavy (non-hydrogen) atoms. The SMILES string of the molecule is CCOC(=O)Nc1ccc(NC2CCCNCC2)cc1. The van der Waals surface area contributed by atoms with Crippen LogP contribution in [-0.4, -0.2) is 31.8 Å². The van der Waals surface area contributed by atoms with Crippen molar-refractivity contribution in [1.82, 2.24) is 5.32 Å². The standard InChI is InChI=1S/C15H23N3O2/c1-2-20-15(19)18-14-7-5-13(6-8-14)17-12-4-3-10-16-11-9-12/h5-8,12,16-17H,2-4,9-11H2,1H3,(H,18,19). The van der Waals surface area contributed by atoms with Crippen LogP contribution < -0.4 is 16.0 Å². The van der Waals surface area contributed by atoms with E-state index in [4.69, 9.17) is 4.74 Å². The lowest BCUT2D eigenvalue weighted by Gasteiger charge is -2.17. The second-order valence-corrected chi connectivity index (χ2v) is 4.94. The molecule has 0 radical (unpaired) electrons. The topological polar surface area (TPSA) is 62.4 Å². The highest BCUT2D eigenvalue weighted by molar-refractivity contribution is 5.84. The summed E-state index contributed by atoms with van der Waals surface area (Å²) in [7, 11) is 0. The van der Waals surface area contributed by atoms with E-state index in [0.29, 0.717) is 12.6 Å². The van der Waals surface area contributed by atoms with E-state index in [1.165, 1.54) is 12.8 Å². The van der Waals surface area contributed by atoms with E-state index in [1.807, 2.05) is 24.3 Å². The summed E-state index contributed by atoms with van der Waals surface area (Å²) in [5.74, 6) is 0. The lowest BCUT2D eigenvalue weighted by molar-refractivity contribution is 0.168. The van der Waals surface area contributed by atoms with Crippen LogP contribution in [0.5, 0.6) is 0 Å². The zero-order valence-electron chi connectivity index (χ0n) is 11.9. The van der Waals surface area contributed by atoms with Gasteiger partial charge in [0.15, 0.2) is 0 Å². The van der Waals surface area contributed by atoms with Gasteiger partial charge in [0.05, 0.1) is 6.61 Å². The van der Waals surface area contributed by atoms with Crippen molar-refractivity contribution >= 4 is 17.5 Å². The Labute approximate surface area is 120 Å². The molecular weight excluding hydrogens is 254 g/mol. The van der Waals surface area contributed by atoms with Gasteiger partial charge in [0, 0.05) is 17.4 Å². The fourth-order valence-electron chi connectivity index (χ4n) is 2.33. The molecule has 5 nitrogen and oxygen atoms in total. The summed E-state index contributed by atoms with van der Waals surface area (Å²) in [5, 5.41) is 9.63. The van der Waals surface area contributed by atoms with Crippen LogP contribution in [0.3, 0.4) is 0 Å². The minimum absolute atomic E-state index is 0.376. The summed E-state index contributed by atoms with van der Waals surface area (Å²) in [5.41, 5.74) is 1.84. The Kier molecular flexibility index (Phi) is 5.68. The van der Waals surface area contributed by atoms with Crippen molar-refractivity contribution in [1.29, 1.82) is 0 Å². The van der Waals surface area contributed by atoms with Gasteiger partial charge < -0.3 is 15.4 Å². The Morgan fingerprint density at radius 2 is 2.00 bits per heavy atom. The van der Waals surface area contributed by atoms with E-state index in [2.05, 4.69) is 16.0 Å². The van der Waals surface area contributed by atoms with E-state index in [9.17, 15) is 4.79 Å². The molecule has 3 N–H and O–H groups in total. The molecule has 0 aliphatic carbocycles. The maximum Gasteiger partial charge on any atom is 0.411 e. The molecular formula is C15H23N3O2.